The van der Waals surface area contributed by atoms with Gasteiger partial charge in [0.2, 0.25) is 0 Å². The fourth-order valence-corrected chi connectivity index (χ4v) is 3.99. The Morgan fingerprint density at radius 2 is 1.54 bits per heavy atom. The van der Waals surface area contributed by atoms with Crippen LogP contribution in [0.1, 0.15) is 32.3 Å². The van der Waals surface area contributed by atoms with Crippen molar-refractivity contribution in [3.8, 4) is 5.75 Å². The van der Waals surface area contributed by atoms with Gasteiger partial charge in [-0.15, -0.1) is 0 Å². The Bertz CT molecular complexity index is 903. The van der Waals surface area contributed by atoms with Crippen molar-refractivity contribution in [2.24, 2.45) is 0 Å². The summed E-state index contributed by atoms with van der Waals surface area (Å²) in [7, 11) is -4.15. The first-order chi connectivity index (χ1) is 13.0. The van der Waals surface area contributed by atoms with Crippen molar-refractivity contribution < 1.29 is 31.1 Å². The summed E-state index contributed by atoms with van der Waals surface area (Å²) in [5, 5.41) is 0. The second kappa shape index (κ2) is 8.34. The van der Waals surface area contributed by atoms with Crippen molar-refractivity contribution in [2.75, 3.05) is 6.61 Å². The fourth-order valence-electron chi connectivity index (χ4n) is 2.51. The van der Waals surface area contributed by atoms with E-state index in [1.54, 1.807) is 24.3 Å². The van der Waals surface area contributed by atoms with Crippen LogP contribution in [0.25, 0.3) is 0 Å². The molecule has 0 aliphatic rings. The van der Waals surface area contributed by atoms with Crippen molar-refractivity contribution in [3.05, 3.63) is 60.2 Å². The summed E-state index contributed by atoms with van der Waals surface area (Å²) in [6.07, 6.45) is -4.27. The van der Waals surface area contributed by atoms with Gasteiger partial charge >= 0.3 is 6.18 Å². The first kappa shape index (κ1) is 21.9. The van der Waals surface area contributed by atoms with Crippen molar-refractivity contribution >= 4 is 15.6 Å². The standard InChI is InChI=1S/C20H21F3O4S/c1-19(2,18(24)9-6-14-27-16-7-4-3-5-8-16)28(25,26)17-12-10-15(11-13-17)20(21,22)23/h3-5,7-8,10-13H,6,9,14H2,1-2H3. The van der Waals surface area contributed by atoms with Gasteiger partial charge in [-0.3, -0.25) is 4.79 Å². The van der Waals surface area contributed by atoms with E-state index in [0.29, 0.717) is 24.3 Å². The molecule has 4 nitrogen and oxygen atoms in total. The van der Waals surface area contributed by atoms with Gasteiger partial charge in [0, 0.05) is 6.42 Å². The monoisotopic (exact) mass is 414 g/mol. The molecular weight excluding hydrogens is 393 g/mol. The second-order valence-electron chi connectivity index (χ2n) is 6.72. The summed E-state index contributed by atoms with van der Waals surface area (Å²) < 4.78 is 67.2. The molecule has 2 aromatic rings. The number of ketones is 1. The first-order valence-electron chi connectivity index (χ1n) is 8.59. The predicted molar refractivity (Wildman–Crippen MR) is 98.9 cm³/mol. The van der Waals surface area contributed by atoms with Crippen LogP contribution >= 0.6 is 0 Å². The van der Waals surface area contributed by atoms with Gasteiger partial charge < -0.3 is 4.74 Å². The van der Waals surface area contributed by atoms with E-state index in [1.165, 1.54) is 13.8 Å². The minimum Gasteiger partial charge on any atom is -0.494 e. The molecule has 0 bridgehead atoms. The van der Waals surface area contributed by atoms with Gasteiger partial charge in [-0.2, -0.15) is 13.2 Å². The molecule has 0 fully saturated rings. The number of hydrogen-bond acceptors (Lipinski definition) is 4. The van der Waals surface area contributed by atoms with Gasteiger partial charge in [0.15, 0.2) is 15.6 Å². The molecular formula is C20H21F3O4S. The van der Waals surface area contributed by atoms with Gasteiger partial charge in [-0.25, -0.2) is 8.42 Å². The Kier molecular flexibility index (Phi) is 6.54. The molecule has 2 rings (SSSR count). The van der Waals surface area contributed by atoms with Crippen molar-refractivity contribution in [1.29, 1.82) is 0 Å². The van der Waals surface area contributed by atoms with E-state index in [0.717, 1.165) is 12.1 Å². The SMILES string of the molecule is CC(C)(C(=O)CCCOc1ccccc1)S(=O)(=O)c1ccc(C(F)(F)F)cc1. The summed E-state index contributed by atoms with van der Waals surface area (Å²) in [4.78, 5) is 12.2. The molecule has 0 N–H and O–H groups in total. The van der Waals surface area contributed by atoms with Gasteiger partial charge in [0.05, 0.1) is 17.1 Å². The maximum absolute atomic E-state index is 12.8. The molecule has 0 aliphatic carbocycles. The fraction of sp³-hybridized carbons (Fsp3) is 0.350. The molecule has 2 aromatic carbocycles. The van der Waals surface area contributed by atoms with Gasteiger partial charge in [0.25, 0.3) is 0 Å². The van der Waals surface area contributed by atoms with Crippen LogP contribution < -0.4 is 4.74 Å². The van der Waals surface area contributed by atoms with Gasteiger partial charge in [-0.1, -0.05) is 18.2 Å². The molecule has 28 heavy (non-hydrogen) atoms. The Morgan fingerprint density at radius 3 is 2.07 bits per heavy atom. The highest BCUT2D eigenvalue weighted by Crippen LogP contribution is 2.32. The largest absolute Gasteiger partial charge is 0.494 e. The molecule has 0 aromatic heterocycles. The van der Waals surface area contributed by atoms with Crippen molar-refractivity contribution in [1.82, 2.24) is 0 Å². The number of Topliss-reactive ketones (excluding diaryl/α,β-unsaturated/α-hetero) is 1. The van der Waals surface area contributed by atoms with Crippen LogP contribution in [0.5, 0.6) is 5.75 Å². The topological polar surface area (TPSA) is 60.4 Å². The smallest absolute Gasteiger partial charge is 0.416 e. The molecule has 0 heterocycles. The molecule has 0 spiro atoms. The van der Waals surface area contributed by atoms with Crippen LogP contribution in [0.15, 0.2) is 59.5 Å². The number of benzene rings is 2. The number of ether oxygens (including phenoxy) is 1. The molecule has 0 unspecified atom stereocenters. The molecule has 0 amide bonds. The van der Waals surface area contributed by atoms with E-state index < -0.39 is 32.1 Å². The third-order valence-electron chi connectivity index (χ3n) is 4.40. The van der Waals surface area contributed by atoms with Crippen LogP contribution in [-0.4, -0.2) is 25.6 Å². The number of carbonyl (C=O) groups is 1. The lowest BCUT2D eigenvalue weighted by atomic mass is 10.0. The maximum Gasteiger partial charge on any atom is 0.416 e. The highest BCUT2D eigenvalue weighted by molar-refractivity contribution is 7.93. The number of sulfone groups is 1. The molecule has 152 valence electrons. The number of rotatable bonds is 8. The van der Waals surface area contributed by atoms with E-state index in [1.807, 2.05) is 6.07 Å². The lowest BCUT2D eigenvalue weighted by Gasteiger charge is -2.23. The van der Waals surface area contributed by atoms with Crippen LogP contribution in [0.2, 0.25) is 0 Å². The molecule has 0 aliphatic heterocycles. The quantitative estimate of drug-likeness (QED) is 0.588. The third-order valence-corrected chi connectivity index (χ3v) is 6.86. The normalized spacial score (nSPS) is 12.6. The molecule has 0 atom stereocenters. The average Bonchev–Trinajstić information content (AvgIpc) is 2.65. The van der Waals surface area contributed by atoms with E-state index in [4.69, 9.17) is 4.74 Å². The number of carbonyl (C=O) groups excluding carboxylic acids is 1. The number of hydrogen-bond donors (Lipinski definition) is 0. The minimum absolute atomic E-state index is 0.0281. The van der Waals surface area contributed by atoms with Crippen LogP contribution in [0.3, 0.4) is 0 Å². The summed E-state index contributed by atoms with van der Waals surface area (Å²) in [6, 6.07) is 12.1. The lowest BCUT2D eigenvalue weighted by Crippen LogP contribution is -2.40. The minimum atomic E-state index is -4.56. The second-order valence-corrected chi connectivity index (χ2v) is 9.22. The van der Waals surface area contributed by atoms with E-state index in [2.05, 4.69) is 0 Å². The molecule has 0 saturated carbocycles. The Hall–Kier alpha value is -2.35. The predicted octanol–water partition coefficient (Wildman–Crippen LogP) is 4.69. The van der Waals surface area contributed by atoms with Crippen molar-refractivity contribution in [3.63, 3.8) is 0 Å². The Labute approximate surface area is 162 Å². The number of alkyl halides is 3. The van der Waals surface area contributed by atoms with Crippen LogP contribution in [0.4, 0.5) is 13.2 Å². The zero-order valence-electron chi connectivity index (χ0n) is 15.5. The van der Waals surface area contributed by atoms with E-state index in [-0.39, 0.29) is 17.9 Å². The third kappa shape index (κ3) is 4.92. The number of para-hydroxylation sites is 1. The van der Waals surface area contributed by atoms with Crippen LogP contribution in [-0.2, 0) is 20.8 Å². The molecule has 0 radical (unpaired) electrons. The van der Waals surface area contributed by atoms with Gasteiger partial charge in [0.1, 0.15) is 10.5 Å². The average molecular weight is 414 g/mol. The zero-order chi connectivity index (χ0) is 21.0. The number of halogens is 3. The van der Waals surface area contributed by atoms with E-state index in [9.17, 15) is 26.4 Å². The summed E-state index contributed by atoms with van der Waals surface area (Å²) >= 11 is 0. The summed E-state index contributed by atoms with van der Waals surface area (Å²) in [6.45, 7) is 2.77. The van der Waals surface area contributed by atoms with Crippen molar-refractivity contribution in [2.45, 2.75) is 42.5 Å². The summed E-state index contributed by atoms with van der Waals surface area (Å²) in [5.74, 6) is 0.121. The van der Waals surface area contributed by atoms with Crippen LogP contribution in [0, 0.1) is 0 Å². The van der Waals surface area contributed by atoms with E-state index >= 15 is 0 Å². The Balaban J connectivity index is 2.03. The highest BCUT2D eigenvalue weighted by atomic mass is 32.2. The highest BCUT2D eigenvalue weighted by Gasteiger charge is 2.42. The Morgan fingerprint density at radius 1 is 0.964 bits per heavy atom. The molecule has 8 heteroatoms. The lowest BCUT2D eigenvalue weighted by molar-refractivity contribution is -0.137. The maximum atomic E-state index is 12.8. The first-order valence-corrected chi connectivity index (χ1v) is 10.1. The zero-order valence-corrected chi connectivity index (χ0v) is 16.3. The molecule has 0 saturated heterocycles. The van der Waals surface area contributed by atoms with Gasteiger partial charge in [-0.05, 0) is 56.7 Å². The summed E-state index contributed by atoms with van der Waals surface area (Å²) in [5.41, 5.74) is -0.950.